The van der Waals surface area contributed by atoms with Gasteiger partial charge in [-0.3, -0.25) is 19.7 Å². The third kappa shape index (κ3) is 4.46. The molecule has 0 radical (unpaired) electrons. The molecule has 24 heavy (non-hydrogen) atoms. The van der Waals surface area contributed by atoms with Crippen LogP contribution in [0.4, 0.5) is 5.69 Å². The van der Waals surface area contributed by atoms with Gasteiger partial charge in [-0.05, 0) is 44.5 Å². The quantitative estimate of drug-likeness (QED) is 0.710. The molecule has 0 bridgehead atoms. The summed E-state index contributed by atoms with van der Waals surface area (Å²) in [6, 6.07) is 3.14. The Hall–Kier alpha value is -2.12. The zero-order valence-corrected chi connectivity index (χ0v) is 14.3. The summed E-state index contributed by atoms with van der Waals surface area (Å²) in [5.41, 5.74) is 1.04. The van der Waals surface area contributed by atoms with E-state index in [2.05, 4.69) is 16.0 Å². The minimum Gasteiger partial charge on any atom is -0.495 e. The van der Waals surface area contributed by atoms with Crippen LogP contribution in [0.25, 0.3) is 0 Å². The van der Waals surface area contributed by atoms with Gasteiger partial charge in [-0.15, -0.1) is 0 Å². The van der Waals surface area contributed by atoms with Crippen molar-refractivity contribution in [1.82, 2.24) is 10.6 Å². The number of amides is 3. The van der Waals surface area contributed by atoms with Crippen molar-refractivity contribution in [3.63, 3.8) is 0 Å². The van der Waals surface area contributed by atoms with Crippen LogP contribution >= 0.6 is 11.6 Å². The molecule has 1 fully saturated rings. The van der Waals surface area contributed by atoms with E-state index in [1.54, 1.807) is 19.1 Å². The highest BCUT2D eigenvalue weighted by Gasteiger charge is 2.25. The average Bonchev–Trinajstić information content (AvgIpc) is 2.58. The second-order valence-electron chi connectivity index (χ2n) is 5.60. The van der Waals surface area contributed by atoms with E-state index in [4.69, 9.17) is 16.3 Å². The predicted molar refractivity (Wildman–Crippen MR) is 90.1 cm³/mol. The predicted octanol–water partition coefficient (Wildman–Crippen LogP) is 1.24. The summed E-state index contributed by atoms with van der Waals surface area (Å²) in [5, 5.41) is 8.20. The Morgan fingerprint density at radius 1 is 1.21 bits per heavy atom. The third-order valence-corrected chi connectivity index (χ3v) is 4.29. The van der Waals surface area contributed by atoms with Gasteiger partial charge in [0.15, 0.2) is 0 Å². The minimum absolute atomic E-state index is 0.254. The van der Waals surface area contributed by atoms with Crippen LogP contribution in [0.15, 0.2) is 12.1 Å². The summed E-state index contributed by atoms with van der Waals surface area (Å²) in [6.07, 6.45) is 1.29. The summed E-state index contributed by atoms with van der Waals surface area (Å²) in [7, 11) is 1.43. The maximum Gasteiger partial charge on any atom is 0.316 e. The van der Waals surface area contributed by atoms with Crippen LogP contribution in [0.5, 0.6) is 5.75 Å². The van der Waals surface area contributed by atoms with Gasteiger partial charge in [0.05, 0.1) is 12.8 Å². The molecule has 1 aromatic rings. The van der Waals surface area contributed by atoms with Gasteiger partial charge >= 0.3 is 11.8 Å². The van der Waals surface area contributed by atoms with Crippen LogP contribution in [-0.2, 0) is 14.4 Å². The van der Waals surface area contributed by atoms with E-state index in [9.17, 15) is 14.4 Å². The summed E-state index contributed by atoms with van der Waals surface area (Å²) in [5.74, 6) is -2.27. The molecule has 8 heteroatoms. The zero-order valence-electron chi connectivity index (χ0n) is 13.6. The summed E-state index contributed by atoms with van der Waals surface area (Å²) in [6.45, 7) is 3.21. The van der Waals surface area contributed by atoms with E-state index in [1.807, 2.05) is 0 Å². The highest BCUT2D eigenvalue weighted by atomic mass is 35.5. The molecular formula is C16H20ClN3O4. The molecule has 0 unspecified atom stereocenters. The number of ether oxygens (including phenoxy) is 1. The molecule has 0 spiro atoms. The van der Waals surface area contributed by atoms with Crippen LogP contribution in [0, 0.1) is 12.8 Å². The van der Waals surface area contributed by atoms with Gasteiger partial charge < -0.3 is 15.4 Å². The van der Waals surface area contributed by atoms with E-state index in [0.29, 0.717) is 29.3 Å². The molecule has 130 valence electrons. The van der Waals surface area contributed by atoms with E-state index >= 15 is 0 Å². The molecule has 0 aromatic heterocycles. The van der Waals surface area contributed by atoms with Crippen molar-refractivity contribution in [2.45, 2.75) is 19.8 Å². The van der Waals surface area contributed by atoms with Gasteiger partial charge in [-0.2, -0.15) is 0 Å². The highest BCUT2D eigenvalue weighted by molar-refractivity contribution is 6.42. The Balaban J connectivity index is 2.00. The number of hydrogen-bond donors (Lipinski definition) is 3. The van der Waals surface area contributed by atoms with Crippen LogP contribution in [0.3, 0.4) is 0 Å². The lowest BCUT2D eigenvalue weighted by atomic mass is 9.97. The number of imide groups is 1. The fourth-order valence-electron chi connectivity index (χ4n) is 2.46. The minimum atomic E-state index is -0.992. The van der Waals surface area contributed by atoms with Crippen LogP contribution < -0.4 is 20.7 Å². The molecule has 3 amide bonds. The lowest BCUT2D eigenvalue weighted by Crippen LogP contribution is -2.44. The van der Waals surface area contributed by atoms with Gasteiger partial charge in [-0.25, -0.2) is 0 Å². The number of methoxy groups -OCH3 is 1. The number of carbonyl (C=O) groups excluding carboxylic acids is 3. The molecule has 1 aliphatic rings. The Kier molecular flexibility index (Phi) is 6.16. The lowest BCUT2D eigenvalue weighted by Gasteiger charge is -2.21. The Labute approximate surface area is 145 Å². The van der Waals surface area contributed by atoms with Gasteiger partial charge in [0.2, 0.25) is 5.91 Å². The van der Waals surface area contributed by atoms with Crippen LogP contribution in [0.1, 0.15) is 18.4 Å². The standard InChI is InChI=1S/C16H20ClN3O4/c1-9-7-12(13(24-2)8-11(9)17)19-15(22)16(23)20-14(21)10-3-5-18-6-4-10/h7-8,10,18H,3-6H2,1-2H3,(H,19,22)(H,20,21,23). The number of benzene rings is 1. The average molecular weight is 354 g/mol. The second-order valence-corrected chi connectivity index (χ2v) is 6.01. The summed E-state index contributed by atoms with van der Waals surface area (Å²) < 4.78 is 5.13. The molecule has 1 heterocycles. The summed E-state index contributed by atoms with van der Waals surface area (Å²) in [4.78, 5) is 35.9. The number of hydrogen-bond acceptors (Lipinski definition) is 5. The number of rotatable bonds is 3. The SMILES string of the molecule is COc1cc(Cl)c(C)cc1NC(=O)C(=O)NC(=O)C1CCNCC1. The van der Waals surface area contributed by atoms with E-state index < -0.39 is 17.7 Å². The number of piperidine rings is 1. The van der Waals surface area contributed by atoms with Gasteiger partial charge in [0, 0.05) is 17.0 Å². The molecule has 3 N–H and O–H groups in total. The first-order valence-corrected chi connectivity index (χ1v) is 8.01. The van der Waals surface area contributed by atoms with Crippen molar-refractivity contribution >= 4 is 35.0 Å². The zero-order chi connectivity index (χ0) is 17.7. The van der Waals surface area contributed by atoms with E-state index in [-0.39, 0.29) is 5.92 Å². The Morgan fingerprint density at radius 3 is 2.50 bits per heavy atom. The van der Waals surface area contributed by atoms with Crippen LogP contribution in [0.2, 0.25) is 5.02 Å². The van der Waals surface area contributed by atoms with Gasteiger partial charge in [-0.1, -0.05) is 11.6 Å². The highest BCUT2D eigenvalue weighted by Crippen LogP contribution is 2.30. The second kappa shape index (κ2) is 8.12. The number of carbonyl (C=O) groups is 3. The number of nitrogens with one attached hydrogen (secondary N) is 3. The van der Waals surface area contributed by atoms with Gasteiger partial charge in [0.25, 0.3) is 0 Å². The fraction of sp³-hybridized carbons (Fsp3) is 0.438. The molecule has 7 nitrogen and oxygen atoms in total. The normalized spacial score (nSPS) is 14.8. The van der Waals surface area contributed by atoms with Crippen molar-refractivity contribution in [2.75, 3.05) is 25.5 Å². The first-order valence-electron chi connectivity index (χ1n) is 7.63. The van der Waals surface area contributed by atoms with Crippen molar-refractivity contribution in [3.05, 3.63) is 22.7 Å². The topological polar surface area (TPSA) is 96.5 Å². The maximum atomic E-state index is 12.0. The van der Waals surface area contributed by atoms with Crippen LogP contribution in [-0.4, -0.2) is 37.9 Å². The van der Waals surface area contributed by atoms with Crippen molar-refractivity contribution in [2.24, 2.45) is 5.92 Å². The largest absolute Gasteiger partial charge is 0.495 e. The Morgan fingerprint density at radius 2 is 1.88 bits per heavy atom. The van der Waals surface area contributed by atoms with E-state index in [0.717, 1.165) is 18.7 Å². The molecule has 0 saturated carbocycles. The first-order chi connectivity index (χ1) is 11.4. The van der Waals surface area contributed by atoms with Gasteiger partial charge in [0.1, 0.15) is 5.75 Å². The monoisotopic (exact) mass is 353 g/mol. The number of halogens is 1. The number of aryl methyl sites for hydroxylation is 1. The molecular weight excluding hydrogens is 334 g/mol. The molecule has 1 aliphatic heterocycles. The molecule has 0 atom stereocenters. The maximum absolute atomic E-state index is 12.0. The third-order valence-electron chi connectivity index (χ3n) is 3.88. The fourth-order valence-corrected chi connectivity index (χ4v) is 2.62. The van der Waals surface area contributed by atoms with Crippen molar-refractivity contribution in [3.8, 4) is 5.75 Å². The number of anilines is 1. The summed E-state index contributed by atoms with van der Waals surface area (Å²) >= 11 is 6.00. The molecule has 1 aromatic carbocycles. The van der Waals surface area contributed by atoms with Crippen molar-refractivity contribution in [1.29, 1.82) is 0 Å². The smallest absolute Gasteiger partial charge is 0.316 e. The molecule has 1 saturated heterocycles. The first kappa shape index (κ1) is 18.2. The molecule has 0 aliphatic carbocycles. The lowest BCUT2D eigenvalue weighted by molar-refractivity contribution is -0.141. The van der Waals surface area contributed by atoms with Crippen molar-refractivity contribution < 1.29 is 19.1 Å². The molecule has 2 rings (SSSR count). The van der Waals surface area contributed by atoms with E-state index in [1.165, 1.54) is 7.11 Å². The Bertz CT molecular complexity index is 657.